The molecule has 0 radical (unpaired) electrons. The summed E-state index contributed by atoms with van der Waals surface area (Å²) in [6.45, 7) is 6.06. The van der Waals surface area contributed by atoms with Gasteiger partial charge in [-0.1, -0.05) is 38.4 Å². The van der Waals surface area contributed by atoms with E-state index in [1.807, 2.05) is 26.8 Å². The van der Waals surface area contributed by atoms with Crippen molar-refractivity contribution in [3.63, 3.8) is 0 Å². The average Bonchev–Trinajstić information content (AvgIpc) is 1.86. The van der Waals surface area contributed by atoms with Crippen LogP contribution in [-0.2, 0) is 0 Å². The van der Waals surface area contributed by atoms with Crippen LogP contribution in [-0.4, -0.2) is 0 Å². The maximum atomic E-state index is 8.17. The maximum Gasteiger partial charge on any atom is 0.0912 e. The summed E-state index contributed by atoms with van der Waals surface area (Å²) in [6.07, 6.45) is 4.78. The summed E-state index contributed by atoms with van der Waals surface area (Å²) in [6, 6.07) is 1.89. The van der Waals surface area contributed by atoms with Gasteiger partial charge in [0.1, 0.15) is 0 Å². The Labute approximate surface area is 73.0 Å². The van der Waals surface area contributed by atoms with Gasteiger partial charge in [-0.2, -0.15) is 5.26 Å². The number of allylic oxidation sites excluding steroid dienone is 4. The molecule has 0 aliphatic heterocycles. The minimum Gasteiger partial charge on any atom is -0.193 e. The van der Waals surface area contributed by atoms with Gasteiger partial charge in [0.2, 0.25) is 0 Å². The smallest absolute Gasteiger partial charge is 0.0912 e. The zero-order chi connectivity index (χ0) is 8.91. The third-order valence-corrected chi connectivity index (χ3v) is 1.82. The Bertz CT molecular complexity index is 213. The quantitative estimate of drug-likeness (QED) is 0.437. The molecule has 0 bridgehead atoms. The molecule has 0 aliphatic rings. The molecule has 2 heteroatoms. The van der Waals surface area contributed by atoms with E-state index in [1.165, 1.54) is 6.08 Å². The Morgan fingerprint density at radius 1 is 1.45 bits per heavy atom. The fourth-order valence-corrected chi connectivity index (χ4v) is 0.498. The number of nitriles is 1. The van der Waals surface area contributed by atoms with Crippen molar-refractivity contribution in [1.82, 2.24) is 0 Å². The van der Waals surface area contributed by atoms with Gasteiger partial charge in [0, 0.05) is 11.1 Å². The largest absolute Gasteiger partial charge is 0.193 e. The van der Waals surface area contributed by atoms with E-state index in [1.54, 1.807) is 12.2 Å². The van der Waals surface area contributed by atoms with Crippen LogP contribution in [0.5, 0.6) is 0 Å². The lowest BCUT2D eigenvalue weighted by Crippen LogP contribution is -2.03. The summed E-state index contributed by atoms with van der Waals surface area (Å²) in [5.74, 6) is 0. The van der Waals surface area contributed by atoms with Gasteiger partial charge in [-0.3, -0.25) is 0 Å². The highest BCUT2D eigenvalue weighted by Gasteiger charge is 2.13. The minimum absolute atomic E-state index is 0.0264. The van der Waals surface area contributed by atoms with Crippen LogP contribution in [0.3, 0.4) is 0 Å². The fraction of sp³-hybridized carbons (Fsp3) is 0.444. The monoisotopic (exact) mass is 169 g/mol. The summed E-state index contributed by atoms with van der Waals surface area (Å²) in [5.41, 5.74) is -0.0264. The first kappa shape index (κ1) is 10.3. The van der Waals surface area contributed by atoms with Gasteiger partial charge >= 0.3 is 0 Å². The molecule has 0 spiro atoms. The Hall–Kier alpha value is -0.740. The van der Waals surface area contributed by atoms with Crippen molar-refractivity contribution in [2.45, 2.75) is 20.8 Å². The van der Waals surface area contributed by atoms with Gasteiger partial charge in [0.15, 0.2) is 0 Å². The third-order valence-electron chi connectivity index (χ3n) is 1.13. The van der Waals surface area contributed by atoms with E-state index in [2.05, 4.69) is 0 Å². The van der Waals surface area contributed by atoms with Crippen molar-refractivity contribution < 1.29 is 0 Å². The normalized spacial score (nSPS) is 13.5. The minimum atomic E-state index is -0.0264. The van der Waals surface area contributed by atoms with E-state index < -0.39 is 0 Å². The topological polar surface area (TPSA) is 23.8 Å². The van der Waals surface area contributed by atoms with E-state index >= 15 is 0 Å². The van der Waals surface area contributed by atoms with Crippen LogP contribution in [0.4, 0.5) is 0 Å². The molecule has 0 saturated heterocycles. The highest BCUT2D eigenvalue weighted by molar-refractivity contribution is 6.30. The Balaban J connectivity index is 4.26. The number of nitrogens with zero attached hydrogens (tertiary/aromatic N) is 1. The van der Waals surface area contributed by atoms with Gasteiger partial charge < -0.3 is 0 Å². The van der Waals surface area contributed by atoms with Gasteiger partial charge in [0.05, 0.1) is 6.07 Å². The van der Waals surface area contributed by atoms with E-state index in [0.29, 0.717) is 0 Å². The van der Waals surface area contributed by atoms with Crippen LogP contribution < -0.4 is 0 Å². The number of hydrogen-bond donors (Lipinski definition) is 0. The molecule has 0 rings (SSSR count). The average molecular weight is 170 g/mol. The molecule has 0 aliphatic carbocycles. The van der Waals surface area contributed by atoms with Crippen molar-refractivity contribution in [1.29, 1.82) is 5.26 Å². The molecule has 60 valence electrons. The molecule has 0 saturated carbocycles. The van der Waals surface area contributed by atoms with Gasteiger partial charge in [-0.15, -0.1) is 0 Å². The van der Waals surface area contributed by atoms with Gasteiger partial charge in [0.25, 0.3) is 0 Å². The molecule has 0 atom stereocenters. The molecule has 11 heavy (non-hydrogen) atoms. The van der Waals surface area contributed by atoms with Crippen molar-refractivity contribution >= 4 is 11.6 Å². The van der Waals surface area contributed by atoms with E-state index in [0.717, 1.165) is 5.03 Å². The lowest BCUT2D eigenvalue weighted by molar-refractivity contribution is 0.531. The Kier molecular flexibility index (Phi) is 3.92. The van der Waals surface area contributed by atoms with Crippen LogP contribution in [0.15, 0.2) is 23.3 Å². The lowest BCUT2D eigenvalue weighted by atomic mass is 9.96. The predicted molar refractivity (Wildman–Crippen MR) is 48.1 cm³/mol. The molecule has 1 nitrogen and oxygen atoms in total. The second-order valence-corrected chi connectivity index (χ2v) is 3.66. The molecule has 0 fully saturated rings. The number of hydrogen-bond acceptors (Lipinski definition) is 1. The fourth-order valence-electron chi connectivity index (χ4n) is 0.426. The van der Waals surface area contributed by atoms with E-state index in [9.17, 15) is 0 Å². The summed E-state index contributed by atoms with van der Waals surface area (Å²) in [7, 11) is 0. The highest BCUT2D eigenvalue weighted by Crippen LogP contribution is 2.27. The molecule has 0 aromatic carbocycles. The van der Waals surface area contributed by atoms with Crippen molar-refractivity contribution in [2.24, 2.45) is 5.41 Å². The SMILES string of the molecule is CC(C)(C)C(Cl)=CC=CC#N. The Morgan fingerprint density at radius 3 is 2.36 bits per heavy atom. The molecule has 0 heterocycles. The molecule has 0 N–H and O–H groups in total. The molecule has 0 unspecified atom stereocenters. The second kappa shape index (κ2) is 4.20. The van der Waals surface area contributed by atoms with E-state index in [4.69, 9.17) is 16.9 Å². The zero-order valence-electron chi connectivity index (χ0n) is 7.06. The van der Waals surface area contributed by atoms with Crippen LogP contribution in [0.2, 0.25) is 0 Å². The standard InChI is InChI=1S/C9H12ClN/c1-9(2,3)8(10)6-4-5-7-11/h4-6H,1-3H3. The summed E-state index contributed by atoms with van der Waals surface area (Å²) in [5, 5.41) is 8.93. The molecular weight excluding hydrogens is 158 g/mol. The van der Waals surface area contributed by atoms with Gasteiger partial charge in [-0.05, 0) is 11.5 Å². The summed E-state index contributed by atoms with van der Waals surface area (Å²) < 4.78 is 0. The molecular formula is C9H12ClN. The predicted octanol–water partition coefficient (Wildman–Crippen LogP) is 3.23. The number of rotatable bonds is 1. The third kappa shape index (κ3) is 4.64. The maximum absolute atomic E-state index is 8.17. The summed E-state index contributed by atoms with van der Waals surface area (Å²) >= 11 is 5.89. The number of halogens is 1. The lowest BCUT2D eigenvalue weighted by Gasteiger charge is -2.16. The highest BCUT2D eigenvalue weighted by atomic mass is 35.5. The van der Waals surface area contributed by atoms with Crippen molar-refractivity contribution in [2.75, 3.05) is 0 Å². The molecule has 0 aromatic rings. The summed E-state index contributed by atoms with van der Waals surface area (Å²) in [4.78, 5) is 0. The van der Waals surface area contributed by atoms with Gasteiger partial charge in [-0.25, -0.2) is 0 Å². The van der Waals surface area contributed by atoms with Crippen molar-refractivity contribution in [3.8, 4) is 6.07 Å². The second-order valence-electron chi connectivity index (χ2n) is 3.25. The van der Waals surface area contributed by atoms with Crippen LogP contribution in [0.25, 0.3) is 0 Å². The molecule has 0 amide bonds. The first-order valence-electron chi connectivity index (χ1n) is 3.41. The first-order chi connectivity index (χ1) is 4.98. The Morgan fingerprint density at radius 2 is 2.00 bits per heavy atom. The van der Waals surface area contributed by atoms with Crippen LogP contribution in [0, 0.1) is 16.7 Å². The van der Waals surface area contributed by atoms with E-state index in [-0.39, 0.29) is 5.41 Å². The molecule has 0 aromatic heterocycles. The van der Waals surface area contributed by atoms with Crippen LogP contribution >= 0.6 is 11.6 Å². The van der Waals surface area contributed by atoms with Crippen molar-refractivity contribution in [3.05, 3.63) is 23.3 Å². The first-order valence-corrected chi connectivity index (χ1v) is 3.78. The zero-order valence-corrected chi connectivity index (χ0v) is 7.81. The van der Waals surface area contributed by atoms with Crippen LogP contribution in [0.1, 0.15) is 20.8 Å².